The summed E-state index contributed by atoms with van der Waals surface area (Å²) in [6, 6.07) is 0. The summed E-state index contributed by atoms with van der Waals surface area (Å²) < 4.78 is 28.3. The van der Waals surface area contributed by atoms with Gasteiger partial charge in [-0.15, -0.1) is 12.4 Å². The van der Waals surface area contributed by atoms with Crippen LogP contribution in [0.5, 0.6) is 0 Å². The maximum absolute atomic E-state index is 14.1. The van der Waals surface area contributed by atoms with Gasteiger partial charge < -0.3 is 10.6 Å². The summed E-state index contributed by atoms with van der Waals surface area (Å²) in [5.74, 6) is 0.635. The van der Waals surface area contributed by atoms with Crippen molar-refractivity contribution in [1.82, 2.24) is 0 Å². The molecule has 0 spiro atoms. The Labute approximate surface area is 178 Å². The van der Waals surface area contributed by atoms with Crippen LogP contribution in [0.2, 0.25) is 0 Å². The molecule has 0 aromatic heterocycles. The van der Waals surface area contributed by atoms with Crippen molar-refractivity contribution in [2.24, 2.45) is 45.4 Å². The molecule has 4 rings (SSSR count). The van der Waals surface area contributed by atoms with E-state index >= 15 is 0 Å². The van der Waals surface area contributed by atoms with Gasteiger partial charge in [-0.3, -0.25) is 4.79 Å². The summed E-state index contributed by atoms with van der Waals surface area (Å²) in [5.41, 5.74) is 6.39. The molecule has 0 aromatic carbocycles. The highest BCUT2D eigenvalue weighted by Crippen LogP contribution is 2.67. The fourth-order valence-electron chi connectivity index (χ4n) is 7.05. The highest BCUT2D eigenvalue weighted by molar-refractivity contribution is 5.87. The molecule has 4 aliphatic rings. The van der Waals surface area contributed by atoms with Crippen molar-refractivity contribution >= 4 is 23.9 Å². The lowest BCUT2D eigenvalue weighted by atomic mass is 9.44. The van der Waals surface area contributed by atoms with Gasteiger partial charge in [-0.1, -0.05) is 19.0 Å². The van der Waals surface area contributed by atoms with Gasteiger partial charge >= 0.3 is 0 Å². The van der Waals surface area contributed by atoms with Crippen molar-refractivity contribution in [2.75, 3.05) is 13.2 Å². The molecule has 0 heterocycles. The van der Waals surface area contributed by atoms with E-state index in [-0.39, 0.29) is 47.3 Å². The number of carbonyl (C=O) groups is 1. The second-order valence-electron chi connectivity index (χ2n) is 9.83. The maximum Gasteiger partial charge on any atom is 0.269 e. The van der Waals surface area contributed by atoms with E-state index in [1.807, 2.05) is 6.92 Å². The fourth-order valence-corrected chi connectivity index (χ4v) is 7.05. The summed E-state index contributed by atoms with van der Waals surface area (Å²) in [6.45, 7) is 5.14. The molecular weight excluding hydrogens is 398 g/mol. The number of hydrogen-bond donors (Lipinski definition) is 1. The van der Waals surface area contributed by atoms with Crippen LogP contribution >= 0.6 is 12.4 Å². The Bertz CT molecular complexity index is 724. The van der Waals surface area contributed by atoms with Gasteiger partial charge in [-0.25, -0.2) is 0 Å². The molecule has 4 nitrogen and oxygen atoms in total. The first kappa shape index (κ1) is 22.7. The summed E-state index contributed by atoms with van der Waals surface area (Å²) in [7, 11) is 0. The Morgan fingerprint density at radius 3 is 2.62 bits per heavy atom. The van der Waals surface area contributed by atoms with Gasteiger partial charge in [0.1, 0.15) is 12.4 Å². The van der Waals surface area contributed by atoms with Crippen LogP contribution in [0.4, 0.5) is 8.78 Å². The van der Waals surface area contributed by atoms with Gasteiger partial charge in [0, 0.05) is 18.4 Å². The molecule has 0 saturated heterocycles. The zero-order valence-corrected chi connectivity index (χ0v) is 18.2. The van der Waals surface area contributed by atoms with Crippen LogP contribution in [0.25, 0.3) is 0 Å². The van der Waals surface area contributed by atoms with Gasteiger partial charge in [0.05, 0.1) is 5.71 Å². The number of fused-ring (bicyclic) bond motifs is 5. The number of carbonyl (C=O) groups excluding carboxylic acids is 1. The minimum atomic E-state index is -1.51. The van der Waals surface area contributed by atoms with Crippen molar-refractivity contribution in [1.29, 1.82) is 0 Å². The van der Waals surface area contributed by atoms with Crippen LogP contribution < -0.4 is 5.73 Å². The van der Waals surface area contributed by atoms with E-state index < -0.39 is 11.5 Å². The lowest BCUT2D eigenvalue weighted by molar-refractivity contribution is -0.133. The number of allylic oxidation sites excluding steroid dienone is 1. The lowest BCUT2D eigenvalue weighted by Crippen LogP contribution is -2.54. The quantitative estimate of drug-likeness (QED) is 0.499. The number of oxime groups is 1. The van der Waals surface area contributed by atoms with Gasteiger partial charge in [0.15, 0.2) is 0 Å². The van der Waals surface area contributed by atoms with E-state index in [1.54, 1.807) is 0 Å². The Morgan fingerprint density at radius 1 is 1.17 bits per heavy atom. The van der Waals surface area contributed by atoms with Crippen LogP contribution in [-0.2, 0) is 9.63 Å². The molecule has 0 aliphatic heterocycles. The van der Waals surface area contributed by atoms with E-state index in [0.717, 1.165) is 44.2 Å². The Balaban J connectivity index is 0.00000240. The maximum atomic E-state index is 14.1. The summed E-state index contributed by atoms with van der Waals surface area (Å²) >= 11 is 0. The molecule has 29 heavy (non-hydrogen) atoms. The van der Waals surface area contributed by atoms with Crippen LogP contribution in [-0.4, -0.2) is 24.6 Å². The second kappa shape index (κ2) is 8.26. The number of ketones is 1. The van der Waals surface area contributed by atoms with Crippen molar-refractivity contribution in [2.45, 2.75) is 65.2 Å². The van der Waals surface area contributed by atoms with Crippen molar-refractivity contribution < 1.29 is 18.4 Å². The van der Waals surface area contributed by atoms with Crippen LogP contribution in [0, 0.1) is 34.5 Å². The Morgan fingerprint density at radius 2 is 1.93 bits per heavy atom. The van der Waals surface area contributed by atoms with E-state index in [0.29, 0.717) is 31.6 Å². The summed E-state index contributed by atoms with van der Waals surface area (Å²) in [6.07, 6.45) is 4.52. The SMILES string of the molecule is C[C@]12CCC(=NOCCN)C[C@@H]1CC(=C(F)F)[C@@H]1[C@@H]2CC[C@]2(C)C(=O)CC[C@@H]12.Cl. The number of hydrogen-bond acceptors (Lipinski definition) is 4. The largest absolute Gasteiger partial charge is 0.395 e. The highest BCUT2D eigenvalue weighted by atomic mass is 35.5. The van der Waals surface area contributed by atoms with Crippen LogP contribution in [0.3, 0.4) is 0 Å². The minimum absolute atomic E-state index is 0. The second-order valence-corrected chi connectivity index (χ2v) is 9.83. The van der Waals surface area contributed by atoms with E-state index in [9.17, 15) is 13.6 Å². The van der Waals surface area contributed by atoms with Crippen molar-refractivity contribution in [3.05, 3.63) is 11.7 Å². The molecule has 0 aromatic rings. The Kier molecular flexibility index (Phi) is 6.45. The molecule has 4 saturated carbocycles. The third-order valence-corrected chi connectivity index (χ3v) is 8.71. The van der Waals surface area contributed by atoms with Crippen molar-refractivity contribution in [3.63, 3.8) is 0 Å². The standard InChI is InChI=1S/C22H32F2N2O2.ClH/c1-21-7-5-14(26-28-10-9-25)11-13(21)12-15(20(23)24)19-16-3-4-18(27)22(16,2)8-6-17(19)21;/h13,16-17,19H,3-12,25H2,1-2H3;1H/t13-,16+,17+,19+,21+,22+;/m1./s1. The first-order chi connectivity index (χ1) is 13.3. The topological polar surface area (TPSA) is 64.7 Å². The normalized spacial score (nSPS) is 42.6. The predicted octanol–water partition coefficient (Wildman–Crippen LogP) is 5.11. The molecule has 0 amide bonds. The van der Waals surface area contributed by atoms with Gasteiger partial charge in [-0.2, -0.15) is 8.78 Å². The molecule has 0 bridgehead atoms. The molecule has 164 valence electrons. The number of nitrogens with zero attached hydrogens (tertiary/aromatic N) is 1. The first-order valence-electron chi connectivity index (χ1n) is 10.8. The predicted molar refractivity (Wildman–Crippen MR) is 111 cm³/mol. The zero-order chi connectivity index (χ0) is 20.1. The monoisotopic (exact) mass is 430 g/mol. The molecule has 2 N–H and O–H groups in total. The molecule has 7 heteroatoms. The average Bonchev–Trinajstić information content (AvgIpc) is 2.96. The molecule has 4 aliphatic carbocycles. The van der Waals surface area contributed by atoms with Gasteiger partial charge in [0.2, 0.25) is 0 Å². The lowest BCUT2D eigenvalue weighted by Gasteiger charge is -2.60. The average molecular weight is 431 g/mol. The smallest absolute Gasteiger partial charge is 0.269 e. The van der Waals surface area contributed by atoms with Crippen LogP contribution in [0.15, 0.2) is 16.8 Å². The summed E-state index contributed by atoms with van der Waals surface area (Å²) in [4.78, 5) is 17.8. The number of nitrogens with two attached hydrogens (primary N) is 1. The molecular formula is C22H33ClF2N2O2. The van der Waals surface area contributed by atoms with E-state index in [1.165, 1.54) is 0 Å². The van der Waals surface area contributed by atoms with Crippen LogP contribution in [0.1, 0.15) is 65.2 Å². The number of rotatable bonds is 3. The molecule has 0 unspecified atom stereocenters. The van der Waals surface area contributed by atoms with Crippen molar-refractivity contribution in [3.8, 4) is 0 Å². The fraction of sp³-hybridized carbons (Fsp3) is 0.818. The number of halogens is 3. The van der Waals surface area contributed by atoms with E-state index in [4.69, 9.17) is 10.6 Å². The van der Waals surface area contributed by atoms with Gasteiger partial charge in [0.25, 0.3) is 6.08 Å². The third-order valence-electron chi connectivity index (χ3n) is 8.71. The highest BCUT2D eigenvalue weighted by Gasteiger charge is 2.62. The summed E-state index contributed by atoms with van der Waals surface area (Å²) in [5, 5.41) is 4.23. The molecule has 4 fully saturated rings. The zero-order valence-electron chi connectivity index (χ0n) is 17.4. The third kappa shape index (κ3) is 3.54. The molecule has 0 radical (unpaired) electrons. The van der Waals surface area contributed by atoms with Gasteiger partial charge in [-0.05, 0) is 79.6 Å². The Hall–Kier alpha value is -1.01. The minimum Gasteiger partial charge on any atom is -0.395 e. The number of Topliss-reactive ketones (excluding diaryl/α,β-unsaturated/α-hetero) is 1. The molecule has 6 atom stereocenters. The van der Waals surface area contributed by atoms with E-state index in [2.05, 4.69) is 12.1 Å². The first-order valence-corrected chi connectivity index (χ1v) is 10.8.